The summed E-state index contributed by atoms with van der Waals surface area (Å²) >= 11 is 0. The van der Waals surface area contributed by atoms with Crippen molar-refractivity contribution in [3.63, 3.8) is 0 Å². The maximum absolute atomic E-state index is 11.5. The zero-order chi connectivity index (χ0) is 14.4. The van der Waals surface area contributed by atoms with E-state index < -0.39 is 0 Å². The van der Waals surface area contributed by atoms with E-state index in [0.717, 1.165) is 6.42 Å². The first-order chi connectivity index (χ1) is 8.90. The molecule has 0 unspecified atom stereocenters. The van der Waals surface area contributed by atoms with Gasteiger partial charge in [-0.15, -0.1) is 0 Å². The predicted molar refractivity (Wildman–Crippen MR) is 77.3 cm³/mol. The largest absolute Gasteiger partial charge is 0.356 e. The second kappa shape index (κ2) is 7.07. The Hall–Kier alpha value is -1.64. The lowest BCUT2D eigenvalue weighted by molar-refractivity contribution is -0.124. The van der Waals surface area contributed by atoms with Crippen LogP contribution in [0.4, 0.5) is 0 Å². The topological polar surface area (TPSA) is 46.2 Å². The summed E-state index contributed by atoms with van der Waals surface area (Å²) in [5.74, 6) is 0.0120. The Balaban J connectivity index is 2.45. The zero-order valence-corrected chi connectivity index (χ0v) is 12.3. The van der Waals surface area contributed by atoms with Crippen molar-refractivity contribution in [3.05, 3.63) is 34.4 Å². The number of aryl methyl sites for hydroxylation is 3. The molecule has 1 amide bonds. The molecule has 0 radical (unpaired) electrons. The molecule has 3 heteroatoms. The van der Waals surface area contributed by atoms with E-state index in [2.05, 4.69) is 38.2 Å². The van der Waals surface area contributed by atoms with Crippen molar-refractivity contribution in [1.82, 2.24) is 5.32 Å². The van der Waals surface area contributed by atoms with E-state index in [-0.39, 0.29) is 11.7 Å². The number of rotatable bonds is 6. The fourth-order valence-corrected chi connectivity index (χ4v) is 2.31. The number of nitrogens with one attached hydrogen (secondary N) is 1. The van der Waals surface area contributed by atoms with Crippen molar-refractivity contribution in [3.8, 4) is 0 Å². The third-order valence-electron chi connectivity index (χ3n) is 3.24. The van der Waals surface area contributed by atoms with E-state index >= 15 is 0 Å². The van der Waals surface area contributed by atoms with Gasteiger partial charge in [-0.2, -0.15) is 0 Å². The number of hydrogen-bond acceptors (Lipinski definition) is 2. The van der Waals surface area contributed by atoms with E-state index in [4.69, 9.17) is 0 Å². The monoisotopic (exact) mass is 261 g/mol. The molecule has 104 valence electrons. The minimum atomic E-state index is -0.0439. The summed E-state index contributed by atoms with van der Waals surface area (Å²) in [5.41, 5.74) is 5.12. The maximum atomic E-state index is 11.5. The number of hydrogen-bond donors (Lipinski definition) is 1. The molecule has 0 aliphatic rings. The van der Waals surface area contributed by atoms with Crippen LogP contribution in [0.5, 0.6) is 0 Å². The van der Waals surface area contributed by atoms with E-state index in [1.54, 1.807) is 0 Å². The average Bonchev–Trinajstić information content (AvgIpc) is 2.29. The van der Waals surface area contributed by atoms with Crippen molar-refractivity contribution in [1.29, 1.82) is 0 Å². The lowest BCUT2D eigenvalue weighted by atomic mass is 9.97. The van der Waals surface area contributed by atoms with Gasteiger partial charge in [0.05, 0.1) is 0 Å². The highest BCUT2D eigenvalue weighted by Gasteiger charge is 2.06. The van der Waals surface area contributed by atoms with Gasteiger partial charge in [0.2, 0.25) is 5.91 Å². The molecule has 0 fully saturated rings. The molecule has 0 saturated heterocycles. The summed E-state index contributed by atoms with van der Waals surface area (Å²) in [6, 6.07) is 4.33. The standard InChI is InChI=1S/C16H23NO2/c1-11-9-12(2)15(13(3)10-11)7-8-17-16(19)6-5-14(4)18/h9-10H,5-8H2,1-4H3,(H,17,19). The number of amides is 1. The Bertz CT molecular complexity index is 455. The molecule has 0 bridgehead atoms. The third kappa shape index (κ3) is 5.25. The summed E-state index contributed by atoms with van der Waals surface area (Å²) in [6.07, 6.45) is 1.46. The van der Waals surface area contributed by atoms with Crippen LogP contribution in [0.15, 0.2) is 12.1 Å². The van der Waals surface area contributed by atoms with E-state index in [0.29, 0.717) is 19.4 Å². The van der Waals surface area contributed by atoms with Gasteiger partial charge in [0, 0.05) is 19.4 Å². The second-order valence-electron chi connectivity index (χ2n) is 5.18. The number of benzene rings is 1. The molecule has 0 saturated carbocycles. The molecule has 0 aliphatic carbocycles. The highest BCUT2D eigenvalue weighted by molar-refractivity contribution is 5.83. The summed E-state index contributed by atoms with van der Waals surface area (Å²) in [5, 5.41) is 2.86. The van der Waals surface area contributed by atoms with Gasteiger partial charge >= 0.3 is 0 Å². The highest BCUT2D eigenvalue weighted by Crippen LogP contribution is 2.16. The number of carbonyl (C=O) groups excluding carboxylic acids is 2. The Morgan fingerprint density at radius 2 is 1.63 bits per heavy atom. The van der Waals surface area contributed by atoms with Crippen LogP contribution in [0.2, 0.25) is 0 Å². The van der Waals surface area contributed by atoms with E-state index in [1.807, 2.05) is 0 Å². The predicted octanol–water partition coefficient (Wildman–Crippen LogP) is 2.64. The smallest absolute Gasteiger partial charge is 0.220 e. The van der Waals surface area contributed by atoms with Crippen LogP contribution in [0, 0.1) is 20.8 Å². The summed E-state index contributed by atoms with van der Waals surface area (Å²) in [4.78, 5) is 22.3. The van der Waals surface area contributed by atoms with Gasteiger partial charge in [-0.05, 0) is 50.8 Å². The molecule has 0 heterocycles. The van der Waals surface area contributed by atoms with Gasteiger partial charge in [-0.1, -0.05) is 17.7 Å². The van der Waals surface area contributed by atoms with Crippen molar-refractivity contribution >= 4 is 11.7 Å². The van der Waals surface area contributed by atoms with Crippen molar-refractivity contribution in [2.24, 2.45) is 0 Å². The van der Waals surface area contributed by atoms with Crippen LogP contribution in [0.25, 0.3) is 0 Å². The quantitative estimate of drug-likeness (QED) is 0.855. The SMILES string of the molecule is CC(=O)CCC(=O)NCCc1c(C)cc(C)cc1C. The van der Waals surface area contributed by atoms with Crippen LogP contribution in [-0.4, -0.2) is 18.2 Å². The lowest BCUT2D eigenvalue weighted by Crippen LogP contribution is -2.26. The molecule has 0 spiro atoms. The highest BCUT2D eigenvalue weighted by atomic mass is 16.2. The molecule has 0 aliphatic heterocycles. The van der Waals surface area contributed by atoms with E-state index in [9.17, 15) is 9.59 Å². The third-order valence-corrected chi connectivity index (χ3v) is 3.24. The van der Waals surface area contributed by atoms with Crippen molar-refractivity contribution < 1.29 is 9.59 Å². The van der Waals surface area contributed by atoms with Crippen LogP contribution < -0.4 is 5.32 Å². The fourth-order valence-electron chi connectivity index (χ4n) is 2.31. The summed E-state index contributed by atoms with van der Waals surface area (Å²) < 4.78 is 0. The molecular weight excluding hydrogens is 238 g/mol. The molecule has 1 aromatic rings. The molecule has 0 aromatic heterocycles. The van der Waals surface area contributed by atoms with Gasteiger partial charge in [-0.25, -0.2) is 0 Å². The number of Topliss-reactive ketones (excluding diaryl/α,β-unsaturated/α-hetero) is 1. The van der Waals surface area contributed by atoms with Gasteiger partial charge in [-0.3, -0.25) is 4.79 Å². The maximum Gasteiger partial charge on any atom is 0.220 e. The lowest BCUT2D eigenvalue weighted by Gasteiger charge is -2.12. The Morgan fingerprint density at radius 1 is 1.05 bits per heavy atom. The molecule has 19 heavy (non-hydrogen) atoms. The van der Waals surface area contributed by atoms with Crippen molar-refractivity contribution in [2.75, 3.05) is 6.54 Å². The van der Waals surface area contributed by atoms with Crippen LogP contribution >= 0.6 is 0 Å². The molecule has 1 rings (SSSR count). The zero-order valence-electron chi connectivity index (χ0n) is 12.3. The first-order valence-electron chi connectivity index (χ1n) is 6.73. The minimum absolute atomic E-state index is 0.0439. The Morgan fingerprint density at radius 3 is 2.16 bits per heavy atom. The average molecular weight is 261 g/mol. The van der Waals surface area contributed by atoms with Crippen LogP contribution in [0.3, 0.4) is 0 Å². The number of carbonyl (C=O) groups is 2. The Kier molecular flexibility index (Phi) is 5.74. The molecule has 1 aromatic carbocycles. The normalized spacial score (nSPS) is 10.3. The summed E-state index contributed by atoms with van der Waals surface area (Å²) in [7, 11) is 0. The fraction of sp³-hybridized carbons (Fsp3) is 0.500. The van der Waals surface area contributed by atoms with E-state index in [1.165, 1.54) is 29.2 Å². The van der Waals surface area contributed by atoms with Crippen LogP contribution in [-0.2, 0) is 16.0 Å². The number of ketones is 1. The first-order valence-corrected chi connectivity index (χ1v) is 6.73. The Labute approximate surface area is 115 Å². The van der Waals surface area contributed by atoms with Gasteiger partial charge in [0.25, 0.3) is 0 Å². The van der Waals surface area contributed by atoms with Gasteiger partial charge < -0.3 is 10.1 Å². The second-order valence-corrected chi connectivity index (χ2v) is 5.18. The minimum Gasteiger partial charge on any atom is -0.356 e. The van der Waals surface area contributed by atoms with Gasteiger partial charge in [0.1, 0.15) is 5.78 Å². The molecule has 3 nitrogen and oxygen atoms in total. The van der Waals surface area contributed by atoms with Crippen molar-refractivity contribution in [2.45, 2.75) is 47.0 Å². The molecule has 1 N–H and O–H groups in total. The van der Waals surface area contributed by atoms with Crippen LogP contribution in [0.1, 0.15) is 42.0 Å². The first kappa shape index (κ1) is 15.4. The summed E-state index contributed by atoms with van der Waals surface area (Å²) in [6.45, 7) is 8.43. The van der Waals surface area contributed by atoms with Gasteiger partial charge in [0.15, 0.2) is 0 Å². The molecule has 0 atom stereocenters. The molecular formula is C16H23NO2.